The van der Waals surface area contributed by atoms with Crippen molar-refractivity contribution in [1.29, 1.82) is 0 Å². The van der Waals surface area contributed by atoms with Gasteiger partial charge in [0.2, 0.25) is 11.7 Å². The summed E-state index contributed by atoms with van der Waals surface area (Å²) in [5.74, 6) is -1.12. The number of carbonyl (C=O) groups is 3. The molecule has 2 aromatic rings. The lowest BCUT2D eigenvalue weighted by atomic mass is 10.1. The highest BCUT2D eigenvalue weighted by Gasteiger charge is 2.21. The molecule has 0 bridgehead atoms. The van der Waals surface area contributed by atoms with E-state index in [9.17, 15) is 19.5 Å². The smallest absolute Gasteiger partial charge is 0.340 e. The first kappa shape index (κ1) is 31.2. The van der Waals surface area contributed by atoms with Gasteiger partial charge >= 0.3 is 5.97 Å². The van der Waals surface area contributed by atoms with Crippen LogP contribution >= 0.6 is 0 Å². The van der Waals surface area contributed by atoms with Gasteiger partial charge in [0.1, 0.15) is 6.61 Å². The number of benzene rings is 2. The highest BCUT2D eigenvalue weighted by molar-refractivity contribution is 6.06. The minimum absolute atomic E-state index is 0.135. The largest absolute Gasteiger partial charge is 0.502 e. The van der Waals surface area contributed by atoms with Crippen LogP contribution in [0.3, 0.4) is 0 Å². The van der Waals surface area contributed by atoms with Crippen LogP contribution in [0.1, 0.15) is 55.5 Å². The highest BCUT2D eigenvalue weighted by Crippen LogP contribution is 2.37. The summed E-state index contributed by atoms with van der Waals surface area (Å²) in [7, 11) is 4.36. The number of nitrogens with one attached hydrogen (secondary N) is 1. The Bertz CT molecular complexity index is 1140. The van der Waals surface area contributed by atoms with Crippen molar-refractivity contribution in [3.8, 4) is 17.2 Å². The number of ether oxygens (including phenoxy) is 4. The number of rotatable bonds is 15. The molecule has 2 amide bonds. The van der Waals surface area contributed by atoms with Crippen LogP contribution in [0.4, 0.5) is 11.4 Å². The van der Waals surface area contributed by atoms with Crippen molar-refractivity contribution in [1.82, 2.24) is 0 Å². The topological polar surface area (TPSA) is 124 Å². The number of esters is 1. The minimum Gasteiger partial charge on any atom is -0.502 e. The van der Waals surface area contributed by atoms with Crippen molar-refractivity contribution in [3.05, 3.63) is 47.5 Å². The van der Waals surface area contributed by atoms with Crippen LogP contribution in [-0.4, -0.2) is 64.0 Å². The van der Waals surface area contributed by atoms with Crippen molar-refractivity contribution in [3.63, 3.8) is 0 Å². The van der Waals surface area contributed by atoms with Crippen LogP contribution in [0.5, 0.6) is 17.2 Å². The molecular weight excluding hydrogens is 504 g/mol. The SMILES string of the molecule is CCCCCCOCC(=O)N(C)c1cc(NC(=O)/C=C/c2cc(OC)c(O)c(OC)c2)ccc1C(=O)OCC. The summed E-state index contributed by atoms with van der Waals surface area (Å²) in [6, 6.07) is 7.69. The van der Waals surface area contributed by atoms with Crippen LogP contribution in [0.25, 0.3) is 6.08 Å². The number of unbranched alkanes of at least 4 members (excludes halogenated alkanes) is 3. The summed E-state index contributed by atoms with van der Waals surface area (Å²) in [6.45, 7) is 4.33. The summed E-state index contributed by atoms with van der Waals surface area (Å²) >= 11 is 0. The lowest BCUT2D eigenvalue weighted by molar-refractivity contribution is -0.122. The number of carbonyl (C=O) groups excluding carboxylic acids is 3. The van der Waals surface area contributed by atoms with E-state index in [-0.39, 0.29) is 47.6 Å². The van der Waals surface area contributed by atoms with Crippen molar-refractivity contribution < 1.29 is 38.4 Å². The quantitative estimate of drug-likeness (QED) is 0.187. The maximum atomic E-state index is 12.8. The molecule has 10 heteroatoms. The Balaban J connectivity index is 2.19. The Hall–Kier alpha value is -4.05. The molecule has 0 aromatic heterocycles. The van der Waals surface area contributed by atoms with E-state index >= 15 is 0 Å². The van der Waals surface area contributed by atoms with Gasteiger partial charge in [-0.05, 0) is 55.3 Å². The summed E-state index contributed by atoms with van der Waals surface area (Å²) in [5, 5.41) is 12.8. The molecule has 0 saturated carbocycles. The van der Waals surface area contributed by atoms with Gasteiger partial charge < -0.3 is 34.3 Å². The number of amides is 2. The molecule has 0 unspecified atom stereocenters. The number of methoxy groups -OCH3 is 2. The molecule has 0 fully saturated rings. The van der Waals surface area contributed by atoms with E-state index in [1.807, 2.05) is 0 Å². The number of phenolic OH excluding ortho intramolecular Hbond substituents is 1. The Morgan fingerprint density at radius 3 is 2.31 bits per heavy atom. The van der Waals surface area contributed by atoms with Crippen molar-refractivity contribution >= 4 is 35.2 Å². The molecule has 2 rings (SSSR count). The molecule has 0 heterocycles. The molecule has 0 aliphatic rings. The molecule has 2 N–H and O–H groups in total. The second-order valence-electron chi connectivity index (χ2n) is 8.62. The first-order valence-electron chi connectivity index (χ1n) is 12.8. The second kappa shape index (κ2) is 16.0. The average Bonchev–Trinajstić information content (AvgIpc) is 2.93. The highest BCUT2D eigenvalue weighted by atomic mass is 16.5. The summed E-state index contributed by atoms with van der Waals surface area (Å²) in [4.78, 5) is 39.3. The predicted octanol–water partition coefficient (Wildman–Crippen LogP) is 4.80. The molecule has 0 spiro atoms. The fourth-order valence-electron chi connectivity index (χ4n) is 3.66. The van der Waals surface area contributed by atoms with E-state index in [0.29, 0.717) is 17.9 Å². The first-order valence-corrected chi connectivity index (χ1v) is 12.8. The Labute approximate surface area is 229 Å². The summed E-state index contributed by atoms with van der Waals surface area (Å²) < 4.78 is 20.9. The van der Waals surface area contributed by atoms with E-state index in [1.54, 1.807) is 25.1 Å². The number of hydrogen-bond acceptors (Lipinski definition) is 8. The third-order valence-electron chi connectivity index (χ3n) is 5.79. The molecule has 0 atom stereocenters. The van der Waals surface area contributed by atoms with E-state index in [2.05, 4.69) is 12.2 Å². The molecule has 0 aliphatic carbocycles. The first-order chi connectivity index (χ1) is 18.7. The zero-order valence-corrected chi connectivity index (χ0v) is 23.2. The predicted molar refractivity (Wildman–Crippen MR) is 150 cm³/mol. The lowest BCUT2D eigenvalue weighted by Crippen LogP contribution is -2.32. The maximum Gasteiger partial charge on any atom is 0.340 e. The lowest BCUT2D eigenvalue weighted by Gasteiger charge is -2.21. The average molecular weight is 543 g/mol. The number of hydrogen-bond donors (Lipinski definition) is 2. The van der Waals surface area contributed by atoms with Crippen LogP contribution in [0, 0.1) is 0 Å². The molecule has 0 saturated heterocycles. The third kappa shape index (κ3) is 9.33. The Morgan fingerprint density at radius 2 is 1.69 bits per heavy atom. The molecule has 212 valence electrons. The van der Waals surface area contributed by atoms with Gasteiger partial charge in [0.05, 0.1) is 32.1 Å². The summed E-state index contributed by atoms with van der Waals surface area (Å²) in [5.41, 5.74) is 1.40. The van der Waals surface area contributed by atoms with E-state index < -0.39 is 11.9 Å². The standard InChI is InChI=1S/C29H38N2O8/c1-6-8-9-10-15-38-19-27(33)31(3)23-18-21(12-13-22(23)29(35)39-7-2)30-26(32)14-11-20-16-24(36-4)28(34)25(17-20)37-5/h11-14,16-18,34H,6-10,15,19H2,1-5H3,(H,30,32)/b14-11+. The van der Waals surface area contributed by atoms with Gasteiger partial charge in [0, 0.05) is 25.4 Å². The zero-order valence-electron chi connectivity index (χ0n) is 23.2. The number of aromatic hydroxyl groups is 1. The summed E-state index contributed by atoms with van der Waals surface area (Å²) in [6.07, 6.45) is 6.97. The van der Waals surface area contributed by atoms with Crippen LogP contribution < -0.4 is 19.7 Å². The van der Waals surface area contributed by atoms with Crippen molar-refractivity contribution in [2.45, 2.75) is 39.5 Å². The second-order valence-corrected chi connectivity index (χ2v) is 8.62. The number of phenols is 1. The normalized spacial score (nSPS) is 10.8. The number of anilines is 2. The third-order valence-corrected chi connectivity index (χ3v) is 5.79. The Morgan fingerprint density at radius 1 is 1.00 bits per heavy atom. The van der Waals surface area contributed by atoms with Gasteiger partial charge in [0.15, 0.2) is 11.5 Å². The number of likely N-dealkylation sites (N-methyl/N-ethyl adjacent to an activating group) is 1. The van der Waals surface area contributed by atoms with Crippen molar-refractivity contribution in [2.24, 2.45) is 0 Å². The van der Waals surface area contributed by atoms with Gasteiger partial charge in [-0.3, -0.25) is 9.59 Å². The molecule has 10 nitrogen and oxygen atoms in total. The van der Waals surface area contributed by atoms with Gasteiger partial charge in [0.25, 0.3) is 5.91 Å². The minimum atomic E-state index is -0.583. The molecule has 2 aromatic carbocycles. The van der Waals surface area contributed by atoms with Gasteiger partial charge in [-0.1, -0.05) is 26.2 Å². The van der Waals surface area contributed by atoms with Crippen LogP contribution in [0.15, 0.2) is 36.4 Å². The van der Waals surface area contributed by atoms with E-state index in [0.717, 1.165) is 25.7 Å². The van der Waals surface area contributed by atoms with Crippen molar-refractivity contribution in [2.75, 3.05) is 51.3 Å². The Kier molecular flexibility index (Phi) is 12.8. The number of nitrogens with zero attached hydrogens (tertiary/aromatic N) is 1. The molecule has 0 radical (unpaired) electrons. The maximum absolute atomic E-state index is 12.8. The monoisotopic (exact) mass is 542 g/mol. The van der Waals surface area contributed by atoms with Crippen LogP contribution in [0.2, 0.25) is 0 Å². The van der Waals surface area contributed by atoms with Gasteiger partial charge in [-0.25, -0.2) is 4.79 Å². The fraction of sp³-hybridized carbons (Fsp3) is 0.414. The van der Waals surface area contributed by atoms with Gasteiger partial charge in [-0.2, -0.15) is 0 Å². The molecular formula is C29H38N2O8. The zero-order chi connectivity index (χ0) is 28.8. The van der Waals surface area contributed by atoms with Crippen LogP contribution in [-0.2, 0) is 19.1 Å². The van der Waals surface area contributed by atoms with E-state index in [1.165, 1.54) is 50.5 Å². The fourth-order valence-corrected chi connectivity index (χ4v) is 3.66. The van der Waals surface area contributed by atoms with Gasteiger partial charge in [-0.15, -0.1) is 0 Å². The molecule has 0 aliphatic heterocycles. The molecule has 39 heavy (non-hydrogen) atoms. The van der Waals surface area contributed by atoms with E-state index in [4.69, 9.17) is 18.9 Å².